The Morgan fingerprint density at radius 3 is 2.82 bits per heavy atom. The second kappa shape index (κ2) is 4.75. The van der Waals surface area contributed by atoms with Gasteiger partial charge in [0.1, 0.15) is 0 Å². The molecular weight excluding hydrogens is 212 g/mol. The zero-order chi connectivity index (χ0) is 12.4. The summed E-state index contributed by atoms with van der Waals surface area (Å²) in [5.41, 5.74) is 9.35. The summed E-state index contributed by atoms with van der Waals surface area (Å²) in [6.45, 7) is 4.90. The first-order valence-corrected chi connectivity index (χ1v) is 5.94. The maximum Gasteiger partial charge on any atom is 0.0639 e. The Hall–Kier alpha value is -1.55. The molecule has 0 aromatic carbocycles. The summed E-state index contributed by atoms with van der Waals surface area (Å²) in [6, 6.07) is 4.46. The third-order valence-electron chi connectivity index (χ3n) is 2.81. The second-order valence-electron chi connectivity index (χ2n) is 4.77. The Bertz CT molecular complexity index is 493. The molecule has 4 nitrogen and oxygen atoms in total. The van der Waals surface area contributed by atoms with Gasteiger partial charge in [-0.15, -0.1) is 0 Å². The van der Waals surface area contributed by atoms with Gasteiger partial charge >= 0.3 is 0 Å². The van der Waals surface area contributed by atoms with E-state index in [4.69, 9.17) is 5.73 Å². The second-order valence-corrected chi connectivity index (χ2v) is 4.77. The van der Waals surface area contributed by atoms with Gasteiger partial charge in [0.25, 0.3) is 0 Å². The van der Waals surface area contributed by atoms with Gasteiger partial charge in [-0.1, -0.05) is 0 Å². The summed E-state index contributed by atoms with van der Waals surface area (Å²) in [6.07, 6.45) is 5.18. The molecule has 0 aliphatic carbocycles. The Morgan fingerprint density at radius 2 is 2.24 bits per heavy atom. The monoisotopic (exact) mass is 232 g/mol. The molecule has 2 N–H and O–H groups in total. The van der Waals surface area contributed by atoms with Crippen molar-refractivity contribution in [2.24, 2.45) is 12.8 Å². The molecule has 1 unspecified atom stereocenters. The Kier molecular flexibility index (Phi) is 3.33. The largest absolute Gasteiger partial charge is 0.348 e. The molecule has 0 aliphatic rings. The molecule has 0 spiro atoms. The quantitative estimate of drug-likeness (QED) is 0.867. The molecule has 1 atom stereocenters. The minimum Gasteiger partial charge on any atom is -0.348 e. The van der Waals surface area contributed by atoms with Crippen molar-refractivity contribution in [2.45, 2.75) is 32.9 Å². The van der Waals surface area contributed by atoms with Gasteiger partial charge in [0.2, 0.25) is 0 Å². The van der Waals surface area contributed by atoms with E-state index in [0.717, 1.165) is 18.7 Å². The summed E-state index contributed by atoms with van der Waals surface area (Å²) >= 11 is 0. The number of nitrogens with zero attached hydrogens (tertiary/aromatic N) is 3. The molecule has 0 saturated heterocycles. The summed E-state index contributed by atoms with van der Waals surface area (Å²) in [5.74, 6) is 0. The van der Waals surface area contributed by atoms with Crippen LogP contribution in [0.25, 0.3) is 0 Å². The first-order chi connectivity index (χ1) is 8.04. The molecule has 0 radical (unpaired) electrons. The van der Waals surface area contributed by atoms with E-state index < -0.39 is 0 Å². The number of rotatable bonds is 4. The fourth-order valence-corrected chi connectivity index (χ4v) is 2.08. The first-order valence-electron chi connectivity index (χ1n) is 5.94. The van der Waals surface area contributed by atoms with Crippen molar-refractivity contribution in [2.75, 3.05) is 0 Å². The van der Waals surface area contributed by atoms with Crippen molar-refractivity contribution in [3.05, 3.63) is 41.5 Å². The van der Waals surface area contributed by atoms with Crippen LogP contribution in [0.1, 0.15) is 23.9 Å². The average molecular weight is 232 g/mol. The third-order valence-corrected chi connectivity index (χ3v) is 2.81. The molecule has 0 aliphatic heterocycles. The van der Waals surface area contributed by atoms with Crippen molar-refractivity contribution < 1.29 is 0 Å². The van der Waals surface area contributed by atoms with Gasteiger partial charge in [-0.25, -0.2) is 0 Å². The number of nitrogens with two attached hydrogens (primary N) is 1. The van der Waals surface area contributed by atoms with E-state index in [0.29, 0.717) is 0 Å². The van der Waals surface area contributed by atoms with E-state index >= 15 is 0 Å². The van der Waals surface area contributed by atoms with Crippen LogP contribution < -0.4 is 5.73 Å². The fourth-order valence-electron chi connectivity index (χ4n) is 2.08. The summed E-state index contributed by atoms with van der Waals surface area (Å²) in [5, 5.41) is 4.35. The van der Waals surface area contributed by atoms with Crippen molar-refractivity contribution in [1.29, 1.82) is 0 Å². The molecule has 4 heteroatoms. The van der Waals surface area contributed by atoms with Crippen LogP contribution in [0.3, 0.4) is 0 Å². The van der Waals surface area contributed by atoms with Gasteiger partial charge in [0.05, 0.1) is 17.9 Å². The van der Waals surface area contributed by atoms with Crippen LogP contribution in [0.15, 0.2) is 24.5 Å². The van der Waals surface area contributed by atoms with E-state index in [1.165, 1.54) is 11.3 Å². The summed E-state index contributed by atoms with van der Waals surface area (Å²) in [4.78, 5) is 0. The van der Waals surface area contributed by atoms with Crippen molar-refractivity contribution in [3.63, 3.8) is 0 Å². The number of hydrogen-bond donors (Lipinski definition) is 1. The van der Waals surface area contributed by atoms with Crippen LogP contribution in [-0.4, -0.2) is 20.4 Å². The van der Waals surface area contributed by atoms with Gasteiger partial charge in [-0.2, -0.15) is 5.10 Å². The third kappa shape index (κ3) is 2.97. The van der Waals surface area contributed by atoms with Gasteiger partial charge in [0.15, 0.2) is 0 Å². The van der Waals surface area contributed by atoms with Gasteiger partial charge in [0, 0.05) is 25.5 Å². The smallest absolute Gasteiger partial charge is 0.0639 e. The lowest BCUT2D eigenvalue weighted by Crippen LogP contribution is -2.17. The van der Waals surface area contributed by atoms with E-state index in [1.54, 1.807) is 0 Å². The molecule has 2 aromatic heterocycles. The molecule has 0 saturated carbocycles. The predicted octanol–water partition coefficient (Wildman–Crippen LogP) is 1.47. The highest BCUT2D eigenvalue weighted by Crippen LogP contribution is 2.08. The highest BCUT2D eigenvalue weighted by Gasteiger charge is 2.04. The number of aromatic nitrogens is 3. The van der Waals surface area contributed by atoms with Gasteiger partial charge in [-0.05, 0) is 38.0 Å². The summed E-state index contributed by atoms with van der Waals surface area (Å²) < 4.78 is 4.11. The standard InChI is InChI=1S/C13H20N4/c1-10(14)6-12-4-5-17(8-12)9-13-7-11(2)15-16(13)3/h4-5,7-8,10H,6,9,14H2,1-3H3. The van der Waals surface area contributed by atoms with E-state index in [-0.39, 0.29) is 6.04 Å². The Balaban J connectivity index is 2.08. The van der Waals surface area contributed by atoms with Crippen LogP contribution in [0.2, 0.25) is 0 Å². The normalized spacial score (nSPS) is 12.9. The SMILES string of the molecule is Cc1cc(Cn2ccc(CC(C)N)c2)n(C)n1. The number of hydrogen-bond acceptors (Lipinski definition) is 2. The van der Waals surface area contributed by atoms with Gasteiger partial charge < -0.3 is 10.3 Å². The van der Waals surface area contributed by atoms with Crippen LogP contribution in [-0.2, 0) is 20.0 Å². The van der Waals surface area contributed by atoms with E-state index in [1.807, 2.05) is 25.6 Å². The molecular formula is C13H20N4. The highest BCUT2D eigenvalue weighted by molar-refractivity contribution is 5.15. The topological polar surface area (TPSA) is 48.8 Å². The van der Waals surface area contributed by atoms with Crippen LogP contribution >= 0.6 is 0 Å². The molecule has 2 rings (SSSR count). The molecule has 2 aromatic rings. The number of aryl methyl sites for hydroxylation is 2. The van der Waals surface area contributed by atoms with Crippen LogP contribution in [0.4, 0.5) is 0 Å². The molecule has 0 fully saturated rings. The molecule has 0 bridgehead atoms. The average Bonchev–Trinajstić information content (AvgIpc) is 2.74. The lowest BCUT2D eigenvalue weighted by molar-refractivity contribution is 0.662. The van der Waals surface area contributed by atoms with Crippen molar-refractivity contribution in [3.8, 4) is 0 Å². The van der Waals surface area contributed by atoms with Crippen molar-refractivity contribution in [1.82, 2.24) is 14.3 Å². The molecule has 2 heterocycles. The lowest BCUT2D eigenvalue weighted by Gasteiger charge is -2.04. The fraction of sp³-hybridized carbons (Fsp3) is 0.462. The Labute approximate surface area is 102 Å². The zero-order valence-corrected chi connectivity index (χ0v) is 10.7. The van der Waals surface area contributed by atoms with E-state index in [9.17, 15) is 0 Å². The predicted molar refractivity (Wildman–Crippen MR) is 68.8 cm³/mol. The molecule has 17 heavy (non-hydrogen) atoms. The minimum atomic E-state index is 0.213. The van der Waals surface area contributed by atoms with Crippen LogP contribution in [0.5, 0.6) is 0 Å². The van der Waals surface area contributed by atoms with Gasteiger partial charge in [-0.3, -0.25) is 4.68 Å². The van der Waals surface area contributed by atoms with E-state index in [2.05, 4.69) is 34.2 Å². The maximum absolute atomic E-state index is 5.79. The summed E-state index contributed by atoms with van der Waals surface area (Å²) in [7, 11) is 1.98. The molecule has 0 amide bonds. The van der Waals surface area contributed by atoms with Crippen LogP contribution in [0, 0.1) is 6.92 Å². The minimum absolute atomic E-state index is 0.213. The molecule has 92 valence electrons. The Morgan fingerprint density at radius 1 is 1.47 bits per heavy atom. The first kappa shape index (κ1) is 11.9. The lowest BCUT2D eigenvalue weighted by atomic mass is 10.1. The zero-order valence-electron chi connectivity index (χ0n) is 10.7. The highest BCUT2D eigenvalue weighted by atomic mass is 15.3. The van der Waals surface area contributed by atoms with Crippen molar-refractivity contribution >= 4 is 0 Å². The maximum atomic E-state index is 5.79.